The number of carbonyl (C=O) groups is 1. The summed E-state index contributed by atoms with van der Waals surface area (Å²) in [6.07, 6.45) is -0.724. The molecule has 0 N–H and O–H groups in total. The van der Waals surface area contributed by atoms with Gasteiger partial charge in [0.2, 0.25) is 0 Å². The number of benzene rings is 2. The van der Waals surface area contributed by atoms with Crippen LogP contribution in [0.15, 0.2) is 54.6 Å². The van der Waals surface area contributed by atoms with Crippen molar-refractivity contribution in [1.82, 2.24) is 0 Å². The molecule has 0 aromatic heterocycles. The van der Waals surface area contributed by atoms with Gasteiger partial charge in [-0.3, -0.25) is 0 Å². The van der Waals surface area contributed by atoms with E-state index in [2.05, 4.69) is 0 Å². The second-order valence-electron chi connectivity index (χ2n) is 4.47. The van der Waals surface area contributed by atoms with Gasteiger partial charge in [0.05, 0.1) is 20.8 Å². The van der Waals surface area contributed by atoms with Crippen molar-refractivity contribution < 1.29 is 19.0 Å². The number of ether oxygens (including phenoxy) is 3. The Labute approximate surface area is 124 Å². The third kappa shape index (κ3) is 4.07. The lowest BCUT2D eigenvalue weighted by Crippen LogP contribution is -2.17. The molecule has 0 bridgehead atoms. The van der Waals surface area contributed by atoms with E-state index >= 15 is 0 Å². The largest absolute Gasteiger partial charge is 0.497 e. The molecule has 4 heteroatoms. The lowest BCUT2D eigenvalue weighted by Gasteiger charge is -2.16. The molecule has 0 heterocycles. The molecule has 0 unspecified atom stereocenters. The van der Waals surface area contributed by atoms with Gasteiger partial charge in [-0.05, 0) is 23.3 Å². The molecule has 0 spiro atoms. The summed E-state index contributed by atoms with van der Waals surface area (Å²) in [5, 5.41) is 0. The zero-order chi connectivity index (χ0) is 15.1. The molecule has 0 saturated carbocycles. The first-order chi connectivity index (χ1) is 10.2. The van der Waals surface area contributed by atoms with Crippen molar-refractivity contribution in [3.05, 3.63) is 65.7 Å². The maximum absolute atomic E-state index is 11.9. The van der Waals surface area contributed by atoms with E-state index in [1.165, 1.54) is 7.11 Å². The summed E-state index contributed by atoms with van der Waals surface area (Å²) in [6, 6.07) is 16.8. The fourth-order valence-corrected chi connectivity index (χ4v) is 1.94. The average Bonchev–Trinajstić information content (AvgIpc) is 2.56. The van der Waals surface area contributed by atoms with E-state index in [1.807, 2.05) is 54.6 Å². The number of hydrogen-bond acceptors (Lipinski definition) is 4. The Bertz CT molecular complexity index is 563. The predicted octanol–water partition coefficient (Wildman–Crippen LogP) is 3.13. The summed E-state index contributed by atoms with van der Waals surface area (Å²) in [7, 11) is 2.98. The molecule has 0 amide bonds. The van der Waals surface area contributed by atoms with E-state index in [9.17, 15) is 4.79 Å². The third-order valence-corrected chi connectivity index (χ3v) is 3.09. The van der Waals surface area contributed by atoms with Gasteiger partial charge in [-0.25, -0.2) is 4.79 Å². The number of carbonyl (C=O) groups excluding carboxylic acids is 1. The number of hydrogen-bond donors (Lipinski definition) is 0. The van der Waals surface area contributed by atoms with Crippen LogP contribution in [0.1, 0.15) is 17.2 Å². The van der Waals surface area contributed by atoms with Gasteiger partial charge in [0.25, 0.3) is 0 Å². The minimum atomic E-state index is -0.724. The van der Waals surface area contributed by atoms with E-state index in [0.717, 1.165) is 16.9 Å². The first-order valence-electron chi connectivity index (χ1n) is 6.62. The second-order valence-corrected chi connectivity index (χ2v) is 4.47. The number of rotatable bonds is 6. The van der Waals surface area contributed by atoms with Crippen LogP contribution >= 0.6 is 0 Å². The van der Waals surface area contributed by atoms with Crippen LogP contribution in [-0.4, -0.2) is 20.2 Å². The van der Waals surface area contributed by atoms with Gasteiger partial charge in [0.15, 0.2) is 6.10 Å². The molecular weight excluding hydrogens is 268 g/mol. The molecular formula is C17H18O4. The van der Waals surface area contributed by atoms with Crippen LogP contribution in [0, 0.1) is 0 Å². The van der Waals surface area contributed by atoms with Crippen LogP contribution in [0.3, 0.4) is 0 Å². The highest BCUT2D eigenvalue weighted by Gasteiger charge is 2.21. The van der Waals surface area contributed by atoms with Crippen molar-refractivity contribution in [2.24, 2.45) is 0 Å². The Morgan fingerprint density at radius 1 is 1.00 bits per heavy atom. The highest BCUT2D eigenvalue weighted by atomic mass is 16.6. The van der Waals surface area contributed by atoms with E-state index in [0.29, 0.717) is 6.61 Å². The molecule has 21 heavy (non-hydrogen) atoms. The second kappa shape index (κ2) is 7.45. The summed E-state index contributed by atoms with van der Waals surface area (Å²) < 4.78 is 15.6. The fraction of sp³-hybridized carbons (Fsp3) is 0.235. The van der Waals surface area contributed by atoms with E-state index in [1.54, 1.807) is 7.11 Å². The summed E-state index contributed by atoms with van der Waals surface area (Å²) in [5.74, 6) is 0.376. The van der Waals surface area contributed by atoms with Gasteiger partial charge in [0.1, 0.15) is 5.75 Å². The standard InChI is InChI=1S/C17H18O4/c1-19-15-10-8-13(9-11-15)12-21-16(17(18)20-2)14-6-4-3-5-7-14/h3-11,16H,12H2,1-2H3/t16-/m0/s1. The predicted molar refractivity (Wildman–Crippen MR) is 79.0 cm³/mol. The Balaban J connectivity index is 2.07. The van der Waals surface area contributed by atoms with Crippen molar-refractivity contribution in [3.63, 3.8) is 0 Å². The Hall–Kier alpha value is -2.33. The SMILES string of the molecule is COC(=O)[C@@H](OCc1ccc(OC)cc1)c1ccccc1. The van der Waals surface area contributed by atoms with Crippen molar-refractivity contribution in [2.75, 3.05) is 14.2 Å². The van der Waals surface area contributed by atoms with Crippen LogP contribution in [0.4, 0.5) is 0 Å². The van der Waals surface area contributed by atoms with Crippen LogP contribution < -0.4 is 4.74 Å². The lowest BCUT2D eigenvalue weighted by molar-refractivity contribution is -0.155. The minimum absolute atomic E-state index is 0.318. The summed E-state index contributed by atoms with van der Waals surface area (Å²) >= 11 is 0. The topological polar surface area (TPSA) is 44.8 Å². The molecule has 4 nitrogen and oxygen atoms in total. The maximum atomic E-state index is 11.9. The van der Waals surface area contributed by atoms with Crippen LogP contribution in [0.25, 0.3) is 0 Å². The molecule has 2 aromatic carbocycles. The van der Waals surface area contributed by atoms with E-state index in [4.69, 9.17) is 14.2 Å². The maximum Gasteiger partial charge on any atom is 0.339 e. The smallest absolute Gasteiger partial charge is 0.339 e. The molecule has 0 fully saturated rings. The van der Waals surface area contributed by atoms with Gasteiger partial charge in [-0.1, -0.05) is 42.5 Å². The van der Waals surface area contributed by atoms with Gasteiger partial charge in [-0.2, -0.15) is 0 Å². The highest BCUT2D eigenvalue weighted by Crippen LogP contribution is 2.21. The van der Waals surface area contributed by atoms with Gasteiger partial charge in [-0.15, -0.1) is 0 Å². The Morgan fingerprint density at radius 2 is 1.67 bits per heavy atom. The zero-order valence-electron chi connectivity index (χ0n) is 12.1. The molecule has 0 radical (unpaired) electrons. The Morgan fingerprint density at radius 3 is 2.24 bits per heavy atom. The van der Waals surface area contributed by atoms with Crippen molar-refractivity contribution >= 4 is 5.97 Å². The zero-order valence-corrected chi connectivity index (χ0v) is 12.1. The third-order valence-electron chi connectivity index (χ3n) is 3.09. The van der Waals surface area contributed by atoms with Crippen LogP contribution in [0.5, 0.6) is 5.75 Å². The molecule has 0 saturated heterocycles. The molecule has 2 aromatic rings. The molecule has 0 aliphatic rings. The van der Waals surface area contributed by atoms with Gasteiger partial charge in [0, 0.05) is 0 Å². The highest BCUT2D eigenvalue weighted by molar-refractivity contribution is 5.76. The van der Waals surface area contributed by atoms with Crippen molar-refractivity contribution in [2.45, 2.75) is 12.7 Å². The summed E-state index contributed by atoms with van der Waals surface area (Å²) in [6.45, 7) is 0.318. The first-order valence-corrected chi connectivity index (χ1v) is 6.62. The average molecular weight is 286 g/mol. The molecule has 0 aliphatic carbocycles. The van der Waals surface area contributed by atoms with E-state index in [-0.39, 0.29) is 0 Å². The monoisotopic (exact) mass is 286 g/mol. The number of esters is 1. The Kier molecular flexibility index (Phi) is 5.35. The van der Waals surface area contributed by atoms with Gasteiger partial charge >= 0.3 is 5.97 Å². The first kappa shape index (κ1) is 15.1. The quantitative estimate of drug-likeness (QED) is 0.765. The van der Waals surface area contributed by atoms with E-state index < -0.39 is 12.1 Å². The van der Waals surface area contributed by atoms with Gasteiger partial charge < -0.3 is 14.2 Å². The minimum Gasteiger partial charge on any atom is -0.497 e. The number of methoxy groups -OCH3 is 2. The lowest BCUT2D eigenvalue weighted by atomic mass is 10.1. The summed E-state index contributed by atoms with van der Waals surface area (Å²) in [5.41, 5.74) is 1.73. The molecule has 110 valence electrons. The van der Waals surface area contributed by atoms with Crippen LogP contribution in [-0.2, 0) is 20.9 Å². The van der Waals surface area contributed by atoms with Crippen molar-refractivity contribution in [3.8, 4) is 5.75 Å². The normalized spacial score (nSPS) is 11.7. The van der Waals surface area contributed by atoms with Crippen molar-refractivity contribution in [1.29, 1.82) is 0 Å². The molecule has 1 atom stereocenters. The van der Waals surface area contributed by atoms with Crippen LogP contribution in [0.2, 0.25) is 0 Å². The molecule has 2 rings (SSSR count). The molecule has 0 aliphatic heterocycles. The fourth-order valence-electron chi connectivity index (χ4n) is 1.94. The summed E-state index contributed by atoms with van der Waals surface area (Å²) in [4.78, 5) is 11.9.